The Hall–Kier alpha value is -3.06. The summed E-state index contributed by atoms with van der Waals surface area (Å²) in [6.45, 7) is 6.15. The molecule has 0 aromatic heterocycles. The first-order valence-electron chi connectivity index (χ1n) is 8.57. The molecule has 8 heteroatoms. The Kier molecular flexibility index (Phi) is 7.40. The molecule has 0 unspecified atom stereocenters. The van der Waals surface area contributed by atoms with Gasteiger partial charge in [-0.3, -0.25) is 9.59 Å². The number of aryl methyl sites for hydroxylation is 2. The van der Waals surface area contributed by atoms with Crippen LogP contribution in [0.4, 0.5) is 5.69 Å². The van der Waals surface area contributed by atoms with Crippen LogP contribution >= 0.6 is 11.6 Å². The van der Waals surface area contributed by atoms with E-state index in [-0.39, 0.29) is 0 Å². The van der Waals surface area contributed by atoms with E-state index in [0.717, 1.165) is 11.1 Å². The van der Waals surface area contributed by atoms with Crippen molar-refractivity contribution in [2.45, 2.75) is 20.8 Å². The lowest BCUT2D eigenvalue weighted by Gasteiger charge is -2.11. The molecule has 2 amide bonds. The standard InChI is InChI=1S/C20H22ClN3O4/c1-5-28-17-10-14(9-16(21)18(17)27-4)11-22-24-20(26)19(25)23-15-7-6-12(2)13(3)8-15/h6-11H,5H2,1-4H3,(H,23,25)(H,24,26)/b22-11-. The van der Waals surface area contributed by atoms with E-state index >= 15 is 0 Å². The van der Waals surface area contributed by atoms with Crippen molar-refractivity contribution in [3.63, 3.8) is 0 Å². The summed E-state index contributed by atoms with van der Waals surface area (Å²) in [5.74, 6) is -0.836. The zero-order valence-corrected chi connectivity index (χ0v) is 16.9. The van der Waals surface area contributed by atoms with Gasteiger partial charge in [0.1, 0.15) is 0 Å². The number of methoxy groups -OCH3 is 1. The van der Waals surface area contributed by atoms with Crippen LogP contribution < -0.4 is 20.2 Å². The number of hydrogen-bond donors (Lipinski definition) is 2. The third kappa shape index (κ3) is 5.47. The van der Waals surface area contributed by atoms with Crippen molar-refractivity contribution in [2.75, 3.05) is 19.0 Å². The van der Waals surface area contributed by atoms with E-state index in [1.165, 1.54) is 13.3 Å². The van der Waals surface area contributed by atoms with Gasteiger partial charge in [0.15, 0.2) is 11.5 Å². The largest absolute Gasteiger partial charge is 0.491 e. The topological polar surface area (TPSA) is 89.0 Å². The number of carbonyl (C=O) groups is 2. The fourth-order valence-electron chi connectivity index (χ4n) is 2.35. The van der Waals surface area contributed by atoms with E-state index in [9.17, 15) is 9.59 Å². The molecule has 2 aromatic rings. The van der Waals surface area contributed by atoms with Gasteiger partial charge in [0.25, 0.3) is 0 Å². The third-order valence-electron chi connectivity index (χ3n) is 3.89. The molecule has 0 aliphatic heterocycles. The maximum atomic E-state index is 12.0. The van der Waals surface area contributed by atoms with Crippen molar-refractivity contribution in [3.05, 3.63) is 52.0 Å². The number of benzene rings is 2. The van der Waals surface area contributed by atoms with Gasteiger partial charge in [-0.1, -0.05) is 17.7 Å². The van der Waals surface area contributed by atoms with Crippen LogP contribution in [-0.2, 0) is 9.59 Å². The lowest BCUT2D eigenvalue weighted by Crippen LogP contribution is -2.32. The molecular formula is C20H22ClN3O4. The van der Waals surface area contributed by atoms with Crippen LogP contribution in [0.2, 0.25) is 5.02 Å². The first-order valence-corrected chi connectivity index (χ1v) is 8.95. The highest BCUT2D eigenvalue weighted by Crippen LogP contribution is 2.35. The second kappa shape index (κ2) is 9.75. The summed E-state index contributed by atoms with van der Waals surface area (Å²) in [7, 11) is 1.49. The van der Waals surface area contributed by atoms with Crippen molar-refractivity contribution < 1.29 is 19.1 Å². The molecule has 0 saturated heterocycles. The summed E-state index contributed by atoms with van der Waals surface area (Å²) in [6.07, 6.45) is 1.36. The molecule has 0 saturated carbocycles. The Morgan fingerprint density at radius 1 is 1.14 bits per heavy atom. The summed E-state index contributed by atoms with van der Waals surface area (Å²) < 4.78 is 10.7. The number of halogens is 1. The maximum Gasteiger partial charge on any atom is 0.329 e. The van der Waals surface area contributed by atoms with Gasteiger partial charge in [0.05, 0.1) is 25.0 Å². The van der Waals surface area contributed by atoms with Crippen LogP contribution in [0.3, 0.4) is 0 Å². The van der Waals surface area contributed by atoms with Crippen molar-refractivity contribution in [2.24, 2.45) is 5.10 Å². The molecule has 0 heterocycles. The fourth-order valence-corrected chi connectivity index (χ4v) is 2.64. The Bertz CT molecular complexity index is 913. The number of ether oxygens (including phenoxy) is 2. The zero-order chi connectivity index (χ0) is 20.7. The molecular weight excluding hydrogens is 382 g/mol. The minimum atomic E-state index is -0.890. The van der Waals surface area contributed by atoms with E-state index in [2.05, 4.69) is 15.8 Å². The number of nitrogens with one attached hydrogen (secondary N) is 2. The van der Waals surface area contributed by atoms with Crippen LogP contribution in [0.25, 0.3) is 0 Å². The van der Waals surface area contributed by atoms with Crippen LogP contribution in [0, 0.1) is 13.8 Å². The molecule has 148 valence electrons. The number of hydrogen-bond acceptors (Lipinski definition) is 5. The second-order valence-corrected chi connectivity index (χ2v) is 6.33. The second-order valence-electron chi connectivity index (χ2n) is 5.92. The minimum Gasteiger partial charge on any atom is -0.491 e. The van der Waals surface area contributed by atoms with Gasteiger partial charge in [0.2, 0.25) is 0 Å². The first kappa shape index (κ1) is 21.2. The molecule has 0 bridgehead atoms. The molecule has 0 fully saturated rings. The van der Waals surface area contributed by atoms with E-state index in [4.69, 9.17) is 21.1 Å². The lowest BCUT2D eigenvalue weighted by molar-refractivity contribution is -0.136. The summed E-state index contributed by atoms with van der Waals surface area (Å²) in [6, 6.07) is 8.65. The average Bonchev–Trinajstić information content (AvgIpc) is 2.65. The molecule has 0 radical (unpaired) electrons. The van der Waals surface area contributed by atoms with Gasteiger partial charge >= 0.3 is 11.8 Å². The van der Waals surface area contributed by atoms with Gasteiger partial charge in [0, 0.05) is 5.69 Å². The van der Waals surface area contributed by atoms with Gasteiger partial charge < -0.3 is 14.8 Å². The lowest BCUT2D eigenvalue weighted by atomic mass is 10.1. The number of nitrogens with zero attached hydrogens (tertiary/aromatic N) is 1. The Morgan fingerprint density at radius 2 is 1.89 bits per heavy atom. The van der Waals surface area contributed by atoms with Crippen molar-refractivity contribution >= 4 is 35.3 Å². The van der Waals surface area contributed by atoms with E-state index in [1.807, 2.05) is 26.8 Å². The number of carbonyl (C=O) groups excluding carboxylic acids is 2. The quantitative estimate of drug-likeness (QED) is 0.439. The fraction of sp³-hybridized carbons (Fsp3) is 0.250. The van der Waals surface area contributed by atoms with Gasteiger partial charge in [-0.25, -0.2) is 5.43 Å². The smallest absolute Gasteiger partial charge is 0.329 e. The molecule has 2 aromatic carbocycles. The molecule has 2 N–H and O–H groups in total. The van der Waals surface area contributed by atoms with Gasteiger partial charge in [-0.15, -0.1) is 0 Å². The van der Waals surface area contributed by atoms with Crippen molar-refractivity contribution in [1.82, 2.24) is 5.43 Å². The van der Waals surface area contributed by atoms with E-state index < -0.39 is 11.8 Å². The molecule has 0 spiro atoms. The minimum absolute atomic E-state index is 0.341. The Labute approximate surface area is 168 Å². The average molecular weight is 404 g/mol. The van der Waals surface area contributed by atoms with Gasteiger partial charge in [-0.2, -0.15) is 5.10 Å². The Morgan fingerprint density at radius 3 is 2.54 bits per heavy atom. The van der Waals surface area contributed by atoms with Crippen molar-refractivity contribution in [3.8, 4) is 11.5 Å². The molecule has 0 atom stereocenters. The summed E-state index contributed by atoms with van der Waals surface area (Å²) >= 11 is 6.16. The monoisotopic (exact) mass is 403 g/mol. The van der Waals surface area contributed by atoms with Crippen LogP contribution in [0.15, 0.2) is 35.4 Å². The maximum absolute atomic E-state index is 12.0. The van der Waals surface area contributed by atoms with E-state index in [0.29, 0.717) is 34.4 Å². The summed E-state index contributed by atoms with van der Waals surface area (Å²) in [5.41, 5.74) is 5.40. The SMILES string of the molecule is CCOc1cc(/C=N\NC(=O)C(=O)Nc2ccc(C)c(C)c2)cc(Cl)c1OC. The van der Waals surface area contributed by atoms with Crippen molar-refractivity contribution in [1.29, 1.82) is 0 Å². The number of amides is 2. The van der Waals surface area contributed by atoms with Gasteiger partial charge in [-0.05, 0) is 61.7 Å². The predicted molar refractivity (Wildman–Crippen MR) is 109 cm³/mol. The van der Waals surface area contributed by atoms with E-state index in [1.54, 1.807) is 24.3 Å². The number of hydrazone groups is 1. The number of anilines is 1. The molecule has 0 aliphatic carbocycles. The highest BCUT2D eigenvalue weighted by molar-refractivity contribution is 6.39. The highest BCUT2D eigenvalue weighted by Gasteiger charge is 2.14. The molecule has 0 aliphatic rings. The Balaban J connectivity index is 2.02. The van der Waals surface area contributed by atoms with Crippen LogP contribution in [0.5, 0.6) is 11.5 Å². The molecule has 7 nitrogen and oxygen atoms in total. The third-order valence-corrected chi connectivity index (χ3v) is 4.17. The zero-order valence-electron chi connectivity index (χ0n) is 16.1. The number of rotatable bonds is 6. The summed E-state index contributed by atoms with van der Waals surface area (Å²) in [5, 5.41) is 6.66. The predicted octanol–water partition coefficient (Wildman–Crippen LogP) is 3.45. The first-order chi connectivity index (χ1) is 13.3. The van der Waals surface area contributed by atoms with Crippen LogP contribution in [0.1, 0.15) is 23.6 Å². The summed E-state index contributed by atoms with van der Waals surface area (Å²) in [4.78, 5) is 23.9. The van der Waals surface area contributed by atoms with Crippen LogP contribution in [-0.4, -0.2) is 31.7 Å². The molecule has 2 rings (SSSR count). The normalized spacial score (nSPS) is 10.6. The molecule has 28 heavy (non-hydrogen) atoms. The highest BCUT2D eigenvalue weighted by atomic mass is 35.5.